The fourth-order valence-electron chi connectivity index (χ4n) is 3.35. The van der Waals surface area contributed by atoms with Gasteiger partial charge < -0.3 is 9.31 Å². The molecule has 3 atom stereocenters. The number of hydrogen-bond donors (Lipinski definition) is 0. The summed E-state index contributed by atoms with van der Waals surface area (Å²) in [4.78, 5) is 0. The summed E-state index contributed by atoms with van der Waals surface area (Å²) in [5.74, 6) is 2.01. The number of hydrogen-bond acceptors (Lipinski definition) is 2. The third kappa shape index (κ3) is 1.79. The van der Waals surface area contributed by atoms with E-state index in [4.69, 9.17) is 9.31 Å². The average molecular weight is 234 g/mol. The van der Waals surface area contributed by atoms with Crippen LogP contribution in [0.5, 0.6) is 0 Å². The molecule has 17 heavy (non-hydrogen) atoms. The van der Waals surface area contributed by atoms with Crippen molar-refractivity contribution in [3.63, 3.8) is 0 Å². The van der Waals surface area contributed by atoms with Crippen LogP contribution in [-0.2, 0) is 9.31 Å². The Hall–Kier alpha value is -0.275. The van der Waals surface area contributed by atoms with Crippen LogP contribution in [0.15, 0.2) is 12.2 Å². The highest BCUT2D eigenvalue weighted by Gasteiger charge is 2.55. The summed E-state index contributed by atoms with van der Waals surface area (Å²) in [5, 5.41) is 0. The molecule has 0 aromatic rings. The minimum Gasteiger partial charge on any atom is -0.403 e. The lowest BCUT2D eigenvalue weighted by atomic mass is 9.54. The first-order chi connectivity index (χ1) is 7.89. The smallest absolute Gasteiger partial charge is 0.403 e. The van der Waals surface area contributed by atoms with Crippen molar-refractivity contribution >= 4 is 7.12 Å². The zero-order valence-electron chi connectivity index (χ0n) is 11.4. The molecule has 0 unspecified atom stereocenters. The molecule has 1 heterocycles. The van der Waals surface area contributed by atoms with E-state index in [0.29, 0.717) is 11.7 Å². The maximum absolute atomic E-state index is 6.20. The fourth-order valence-corrected chi connectivity index (χ4v) is 3.35. The molecule has 4 rings (SSSR count). The second-order valence-electron chi connectivity index (χ2n) is 6.91. The molecule has 0 amide bonds. The van der Waals surface area contributed by atoms with Crippen molar-refractivity contribution in [3.05, 3.63) is 12.2 Å². The monoisotopic (exact) mass is 234 g/mol. The van der Waals surface area contributed by atoms with Gasteiger partial charge in [0.2, 0.25) is 0 Å². The summed E-state index contributed by atoms with van der Waals surface area (Å²) in [6, 6.07) is 0. The molecule has 0 spiro atoms. The van der Waals surface area contributed by atoms with Gasteiger partial charge >= 0.3 is 7.12 Å². The first-order valence-electron chi connectivity index (χ1n) is 6.93. The number of allylic oxidation sites excluding steroid dienone is 2. The van der Waals surface area contributed by atoms with Gasteiger partial charge in [-0.3, -0.25) is 0 Å². The van der Waals surface area contributed by atoms with E-state index in [0.717, 1.165) is 5.92 Å². The number of rotatable bonds is 1. The molecule has 1 aliphatic heterocycles. The van der Waals surface area contributed by atoms with Crippen LogP contribution >= 0.6 is 0 Å². The van der Waals surface area contributed by atoms with Crippen LogP contribution < -0.4 is 0 Å². The number of fused-ring (bicyclic) bond motifs is 2. The van der Waals surface area contributed by atoms with Gasteiger partial charge in [-0.2, -0.15) is 0 Å². The molecule has 0 radical (unpaired) electrons. The van der Waals surface area contributed by atoms with E-state index in [-0.39, 0.29) is 18.3 Å². The van der Waals surface area contributed by atoms with Gasteiger partial charge in [0.1, 0.15) is 0 Å². The normalized spacial score (nSPS) is 42.1. The van der Waals surface area contributed by atoms with Gasteiger partial charge in [-0.1, -0.05) is 12.2 Å². The SMILES string of the molecule is CC1(C)OB([C@@H]2C[C@@H]3C=C[C@H]2CC3)OC1(C)C. The molecule has 3 heteroatoms. The Kier molecular flexibility index (Phi) is 2.51. The summed E-state index contributed by atoms with van der Waals surface area (Å²) in [6.45, 7) is 8.57. The summed E-state index contributed by atoms with van der Waals surface area (Å²) < 4.78 is 12.4. The van der Waals surface area contributed by atoms with E-state index < -0.39 is 0 Å². The van der Waals surface area contributed by atoms with E-state index in [1.54, 1.807) is 0 Å². The molecule has 2 nitrogen and oxygen atoms in total. The van der Waals surface area contributed by atoms with Gasteiger partial charge in [-0.15, -0.1) is 0 Å². The Morgan fingerprint density at radius 2 is 1.65 bits per heavy atom. The van der Waals surface area contributed by atoms with Crippen molar-refractivity contribution in [1.82, 2.24) is 0 Å². The van der Waals surface area contributed by atoms with Crippen molar-refractivity contribution in [3.8, 4) is 0 Å². The maximum Gasteiger partial charge on any atom is 0.461 e. The van der Waals surface area contributed by atoms with Gasteiger partial charge in [0.25, 0.3) is 0 Å². The Balaban J connectivity index is 1.78. The molecule has 2 bridgehead atoms. The van der Waals surface area contributed by atoms with E-state index in [1.807, 2.05) is 0 Å². The predicted molar refractivity (Wildman–Crippen MR) is 69.8 cm³/mol. The minimum atomic E-state index is -0.182. The highest BCUT2D eigenvalue weighted by Crippen LogP contribution is 2.50. The quantitative estimate of drug-likeness (QED) is 0.511. The third-order valence-electron chi connectivity index (χ3n) is 5.25. The highest BCUT2D eigenvalue weighted by atomic mass is 16.7. The van der Waals surface area contributed by atoms with Gasteiger partial charge in [0, 0.05) is 5.82 Å². The standard InChI is InChI=1S/C14H23BO2/c1-13(2)14(3,4)17-15(16-13)12-9-10-5-7-11(12)8-6-10/h5,7,10-12H,6,8-9H2,1-4H3/t10-,11+,12-/m1/s1. The summed E-state index contributed by atoms with van der Waals surface area (Å²) in [5.41, 5.74) is -0.365. The molecule has 0 aromatic carbocycles. The molecule has 0 N–H and O–H groups in total. The van der Waals surface area contributed by atoms with Crippen LogP contribution in [0.2, 0.25) is 5.82 Å². The summed E-state index contributed by atoms with van der Waals surface area (Å²) >= 11 is 0. The minimum absolute atomic E-state index is 0.00208. The van der Waals surface area contributed by atoms with Crippen molar-refractivity contribution in [1.29, 1.82) is 0 Å². The second-order valence-corrected chi connectivity index (χ2v) is 6.91. The lowest BCUT2D eigenvalue weighted by molar-refractivity contribution is 0.00578. The molecule has 4 aliphatic rings. The van der Waals surface area contributed by atoms with E-state index in [9.17, 15) is 0 Å². The fraction of sp³-hybridized carbons (Fsp3) is 0.857. The Bertz CT molecular complexity index is 332. The van der Waals surface area contributed by atoms with Gasteiger partial charge in [0.15, 0.2) is 0 Å². The molecular formula is C14H23BO2. The largest absolute Gasteiger partial charge is 0.461 e. The van der Waals surface area contributed by atoms with Crippen LogP contribution in [0.4, 0.5) is 0 Å². The predicted octanol–water partition coefficient (Wildman–Crippen LogP) is 3.43. The topological polar surface area (TPSA) is 18.5 Å². The van der Waals surface area contributed by atoms with Crippen LogP contribution in [0.1, 0.15) is 47.0 Å². The summed E-state index contributed by atoms with van der Waals surface area (Å²) in [6.07, 6.45) is 8.72. The van der Waals surface area contributed by atoms with E-state index in [2.05, 4.69) is 39.8 Å². The third-order valence-corrected chi connectivity index (χ3v) is 5.25. The first kappa shape index (κ1) is 11.8. The zero-order chi connectivity index (χ0) is 12.3. The van der Waals surface area contributed by atoms with Crippen LogP contribution in [0, 0.1) is 11.8 Å². The van der Waals surface area contributed by atoms with Gasteiger partial charge in [-0.05, 0) is 58.8 Å². The lowest BCUT2D eigenvalue weighted by Crippen LogP contribution is -2.41. The molecular weight excluding hydrogens is 211 g/mol. The van der Waals surface area contributed by atoms with Crippen LogP contribution in [0.25, 0.3) is 0 Å². The van der Waals surface area contributed by atoms with Crippen molar-refractivity contribution in [2.75, 3.05) is 0 Å². The Morgan fingerprint density at radius 1 is 1.00 bits per heavy atom. The molecule has 94 valence electrons. The molecule has 0 aromatic heterocycles. The molecule has 2 fully saturated rings. The molecule has 3 aliphatic carbocycles. The van der Waals surface area contributed by atoms with Gasteiger partial charge in [-0.25, -0.2) is 0 Å². The maximum atomic E-state index is 6.20. The second kappa shape index (κ2) is 3.61. The first-order valence-corrected chi connectivity index (χ1v) is 6.93. The van der Waals surface area contributed by atoms with Gasteiger partial charge in [0.05, 0.1) is 11.2 Å². The van der Waals surface area contributed by atoms with Crippen molar-refractivity contribution in [2.45, 2.75) is 64.0 Å². The summed E-state index contributed by atoms with van der Waals surface area (Å²) in [7, 11) is -0.00208. The van der Waals surface area contributed by atoms with Crippen molar-refractivity contribution < 1.29 is 9.31 Å². The lowest BCUT2D eigenvalue weighted by Gasteiger charge is -2.38. The van der Waals surface area contributed by atoms with Crippen LogP contribution in [-0.4, -0.2) is 18.3 Å². The van der Waals surface area contributed by atoms with Crippen LogP contribution in [0.3, 0.4) is 0 Å². The Morgan fingerprint density at radius 3 is 2.06 bits per heavy atom. The van der Waals surface area contributed by atoms with E-state index >= 15 is 0 Å². The highest BCUT2D eigenvalue weighted by molar-refractivity contribution is 6.47. The Labute approximate surface area is 105 Å². The zero-order valence-corrected chi connectivity index (χ0v) is 11.4. The molecule has 1 saturated heterocycles. The van der Waals surface area contributed by atoms with E-state index in [1.165, 1.54) is 19.3 Å². The van der Waals surface area contributed by atoms with Crippen molar-refractivity contribution in [2.24, 2.45) is 11.8 Å². The molecule has 1 saturated carbocycles. The average Bonchev–Trinajstić information content (AvgIpc) is 2.50.